The number of fused-ring (bicyclic) bond motifs is 8. The zero-order valence-electron chi connectivity index (χ0n) is 26.4. The molecule has 0 bridgehead atoms. The number of thiophene rings is 1. The highest BCUT2D eigenvalue weighted by molar-refractivity contribution is 7.27. The molecule has 0 atom stereocenters. The fourth-order valence-electron chi connectivity index (χ4n) is 7.19. The van der Waals surface area contributed by atoms with Crippen LogP contribution in [-0.2, 0) is 0 Å². The summed E-state index contributed by atoms with van der Waals surface area (Å²) < 4.78 is 8.89. The number of anilines is 3. The van der Waals surface area contributed by atoms with Crippen LogP contribution in [0, 0.1) is 0 Å². The first kappa shape index (κ1) is 27.8. The lowest BCUT2D eigenvalue weighted by Crippen LogP contribution is -2.10. The van der Waals surface area contributed by atoms with Crippen LogP contribution in [0.1, 0.15) is 0 Å². The molecular formula is C45H28N2OS. The molecule has 49 heavy (non-hydrogen) atoms. The molecular weight excluding hydrogens is 617 g/mol. The van der Waals surface area contributed by atoms with Gasteiger partial charge in [-0.2, -0.15) is 0 Å². The summed E-state index contributed by atoms with van der Waals surface area (Å²) >= 11 is 1.84. The van der Waals surface area contributed by atoms with E-state index in [1.165, 1.54) is 42.1 Å². The molecule has 0 aliphatic carbocycles. The maximum Gasteiger partial charge on any atom is 0.143 e. The Labute approximate surface area is 286 Å². The van der Waals surface area contributed by atoms with Crippen molar-refractivity contribution >= 4 is 81.3 Å². The summed E-state index contributed by atoms with van der Waals surface area (Å²) in [4.78, 5) is 7.17. The molecule has 0 aliphatic heterocycles. The predicted molar refractivity (Wildman–Crippen MR) is 207 cm³/mol. The number of para-hydroxylation sites is 2. The van der Waals surface area contributed by atoms with Crippen LogP contribution >= 0.6 is 11.3 Å². The molecule has 3 nitrogen and oxygen atoms in total. The molecule has 0 amide bonds. The molecule has 7 aromatic carbocycles. The van der Waals surface area contributed by atoms with Crippen LogP contribution in [0.5, 0.6) is 0 Å². The van der Waals surface area contributed by atoms with Crippen molar-refractivity contribution in [3.05, 3.63) is 170 Å². The summed E-state index contributed by atoms with van der Waals surface area (Å²) in [7, 11) is 0. The molecule has 10 aromatic rings. The summed E-state index contributed by atoms with van der Waals surface area (Å²) in [6, 6.07) is 56.0. The molecule has 230 valence electrons. The predicted octanol–water partition coefficient (Wildman–Crippen LogP) is 13.3. The third-order valence-corrected chi connectivity index (χ3v) is 10.8. The van der Waals surface area contributed by atoms with Gasteiger partial charge in [0.15, 0.2) is 0 Å². The average molecular weight is 645 g/mol. The standard InChI is InChI=1S/C45H28N2OS/c1-2-9-29(10-3-1)30-17-22-33(23-18-30)47(41-28-46-27-40-39-26-21-31-11-4-5-12-36(31)44(39)49-45(40)41)34-24-19-32(20-25-34)35-14-8-15-38-37-13-6-7-16-42(37)48-43(35)38/h1-28H. The van der Waals surface area contributed by atoms with Gasteiger partial charge in [-0.25, -0.2) is 0 Å². The van der Waals surface area contributed by atoms with E-state index in [1.54, 1.807) is 0 Å². The van der Waals surface area contributed by atoms with Crippen molar-refractivity contribution in [2.75, 3.05) is 4.90 Å². The minimum Gasteiger partial charge on any atom is -0.455 e. The van der Waals surface area contributed by atoms with Gasteiger partial charge in [0.05, 0.1) is 16.6 Å². The highest BCUT2D eigenvalue weighted by Gasteiger charge is 2.20. The maximum absolute atomic E-state index is 6.39. The van der Waals surface area contributed by atoms with Crippen LogP contribution in [0.25, 0.3) is 75.1 Å². The average Bonchev–Trinajstić information content (AvgIpc) is 3.75. The van der Waals surface area contributed by atoms with Crippen LogP contribution < -0.4 is 4.90 Å². The summed E-state index contributed by atoms with van der Waals surface area (Å²) in [5, 5.41) is 7.20. The Morgan fingerprint density at radius 1 is 0.449 bits per heavy atom. The van der Waals surface area contributed by atoms with Gasteiger partial charge >= 0.3 is 0 Å². The summed E-state index contributed by atoms with van der Waals surface area (Å²) in [6.07, 6.45) is 4.02. The van der Waals surface area contributed by atoms with E-state index >= 15 is 0 Å². The summed E-state index contributed by atoms with van der Waals surface area (Å²) in [5.41, 5.74) is 9.58. The highest BCUT2D eigenvalue weighted by atomic mass is 32.1. The molecule has 3 heterocycles. The molecule has 0 saturated carbocycles. The summed E-state index contributed by atoms with van der Waals surface area (Å²) in [5.74, 6) is 0. The Morgan fingerprint density at radius 2 is 1.12 bits per heavy atom. The minimum absolute atomic E-state index is 0.906. The van der Waals surface area contributed by atoms with E-state index in [0.717, 1.165) is 50.1 Å². The molecule has 0 aliphatic rings. The molecule has 0 N–H and O–H groups in total. The van der Waals surface area contributed by atoms with E-state index in [-0.39, 0.29) is 0 Å². The second-order valence-electron chi connectivity index (χ2n) is 12.4. The largest absolute Gasteiger partial charge is 0.455 e. The minimum atomic E-state index is 0.906. The topological polar surface area (TPSA) is 29.3 Å². The van der Waals surface area contributed by atoms with E-state index < -0.39 is 0 Å². The lowest BCUT2D eigenvalue weighted by molar-refractivity contribution is 0.670. The van der Waals surface area contributed by atoms with Gasteiger partial charge in [0.2, 0.25) is 0 Å². The first-order valence-corrected chi connectivity index (χ1v) is 17.3. The zero-order valence-corrected chi connectivity index (χ0v) is 27.2. The summed E-state index contributed by atoms with van der Waals surface area (Å²) in [6.45, 7) is 0. The number of pyridine rings is 1. The van der Waals surface area contributed by atoms with Crippen molar-refractivity contribution in [2.24, 2.45) is 0 Å². The number of nitrogens with zero attached hydrogens (tertiary/aromatic N) is 2. The van der Waals surface area contributed by atoms with Gasteiger partial charge < -0.3 is 9.32 Å². The van der Waals surface area contributed by atoms with Gasteiger partial charge in [0, 0.05) is 49.4 Å². The normalized spacial score (nSPS) is 11.7. The van der Waals surface area contributed by atoms with Crippen LogP contribution in [-0.4, -0.2) is 4.98 Å². The Hall–Kier alpha value is -6.23. The molecule has 10 rings (SSSR count). The van der Waals surface area contributed by atoms with Crippen molar-refractivity contribution in [1.82, 2.24) is 4.98 Å². The Morgan fingerprint density at radius 3 is 1.94 bits per heavy atom. The van der Waals surface area contributed by atoms with E-state index in [2.05, 4.69) is 150 Å². The van der Waals surface area contributed by atoms with E-state index in [0.29, 0.717) is 0 Å². The zero-order chi connectivity index (χ0) is 32.3. The highest BCUT2D eigenvalue weighted by Crippen LogP contribution is 2.46. The van der Waals surface area contributed by atoms with Gasteiger partial charge in [-0.15, -0.1) is 11.3 Å². The number of rotatable bonds is 5. The molecule has 0 unspecified atom stereocenters. The molecule has 3 aromatic heterocycles. The van der Waals surface area contributed by atoms with Crippen LogP contribution in [0.4, 0.5) is 17.1 Å². The molecule has 4 heteroatoms. The van der Waals surface area contributed by atoms with Crippen LogP contribution in [0.2, 0.25) is 0 Å². The van der Waals surface area contributed by atoms with Gasteiger partial charge in [0.1, 0.15) is 11.2 Å². The Kier molecular flexibility index (Phi) is 6.36. The monoisotopic (exact) mass is 644 g/mol. The lowest BCUT2D eigenvalue weighted by atomic mass is 10.0. The van der Waals surface area contributed by atoms with Crippen LogP contribution in [0.15, 0.2) is 175 Å². The van der Waals surface area contributed by atoms with Crippen molar-refractivity contribution in [1.29, 1.82) is 0 Å². The fraction of sp³-hybridized carbons (Fsp3) is 0. The second kappa shape index (κ2) is 11.2. The number of hydrogen-bond acceptors (Lipinski definition) is 4. The van der Waals surface area contributed by atoms with Crippen molar-refractivity contribution < 1.29 is 4.42 Å². The maximum atomic E-state index is 6.39. The van der Waals surface area contributed by atoms with E-state index in [1.807, 2.05) is 35.9 Å². The third kappa shape index (κ3) is 4.53. The second-order valence-corrected chi connectivity index (χ2v) is 13.4. The molecule has 0 spiro atoms. The SMILES string of the molecule is c1ccc(-c2ccc(N(c3ccc(-c4cccc5c4oc4ccccc45)cc3)c3cncc4c3sc3c5ccccc5ccc43)cc2)cc1. The van der Waals surface area contributed by atoms with Gasteiger partial charge in [0.25, 0.3) is 0 Å². The smallest absolute Gasteiger partial charge is 0.143 e. The first-order valence-electron chi connectivity index (χ1n) is 16.4. The molecule has 0 fully saturated rings. The van der Waals surface area contributed by atoms with Crippen molar-refractivity contribution in [3.63, 3.8) is 0 Å². The number of hydrogen-bond donors (Lipinski definition) is 0. The molecule has 0 saturated heterocycles. The van der Waals surface area contributed by atoms with Gasteiger partial charge in [-0.05, 0) is 57.8 Å². The van der Waals surface area contributed by atoms with Crippen LogP contribution in [0.3, 0.4) is 0 Å². The third-order valence-electron chi connectivity index (χ3n) is 9.57. The first-order chi connectivity index (χ1) is 24.3. The van der Waals surface area contributed by atoms with Crippen molar-refractivity contribution in [3.8, 4) is 22.3 Å². The van der Waals surface area contributed by atoms with E-state index in [9.17, 15) is 0 Å². The lowest BCUT2D eigenvalue weighted by Gasteiger charge is -2.26. The number of aromatic nitrogens is 1. The number of benzene rings is 7. The quantitative estimate of drug-likeness (QED) is 0.187. The van der Waals surface area contributed by atoms with Crippen molar-refractivity contribution in [2.45, 2.75) is 0 Å². The fourth-order valence-corrected chi connectivity index (χ4v) is 8.50. The molecule has 0 radical (unpaired) electrons. The number of furan rings is 1. The van der Waals surface area contributed by atoms with Gasteiger partial charge in [-0.1, -0.05) is 127 Å². The Balaban J connectivity index is 1.15. The Bertz CT molecular complexity index is 2810. The van der Waals surface area contributed by atoms with E-state index in [4.69, 9.17) is 9.40 Å². The van der Waals surface area contributed by atoms with Gasteiger partial charge in [-0.3, -0.25) is 4.98 Å².